The monoisotopic (exact) mass is 283 g/mol. The molecule has 1 fully saturated rings. The maximum Gasteiger partial charge on any atom is 0.185 e. The fourth-order valence-electron chi connectivity index (χ4n) is 2.41. The lowest BCUT2D eigenvalue weighted by atomic mass is 9.91. The first-order valence-corrected chi connectivity index (χ1v) is 7.78. The van der Waals surface area contributed by atoms with Crippen LogP contribution in [-0.4, -0.2) is 48.2 Å². The largest absolute Gasteiger partial charge is 0.391 e. The van der Waals surface area contributed by atoms with Crippen LogP contribution >= 0.6 is 11.3 Å². The average Bonchev–Trinajstić information content (AvgIpc) is 2.66. The molecule has 5 heteroatoms. The van der Waals surface area contributed by atoms with Crippen LogP contribution in [-0.2, 0) is 12.0 Å². The SMILES string of the molecule is CN1CCCN(c2nc(C(C)(C)C)c(CO)s2)CC1. The van der Waals surface area contributed by atoms with E-state index in [9.17, 15) is 5.11 Å². The Balaban J connectivity index is 2.23. The molecule has 0 amide bonds. The molecule has 1 aliphatic rings. The van der Waals surface area contributed by atoms with E-state index in [0.29, 0.717) is 0 Å². The first kappa shape index (κ1) is 14.8. The quantitative estimate of drug-likeness (QED) is 0.902. The van der Waals surface area contributed by atoms with Crippen LogP contribution < -0.4 is 4.90 Å². The fourth-order valence-corrected chi connectivity index (χ4v) is 3.59. The second-order valence-corrected chi connectivity index (χ2v) is 7.38. The molecule has 1 saturated heterocycles. The number of nitrogens with zero attached hydrogens (tertiary/aromatic N) is 3. The molecule has 4 nitrogen and oxygen atoms in total. The predicted molar refractivity (Wildman–Crippen MR) is 81.1 cm³/mol. The second kappa shape index (κ2) is 5.77. The Bertz CT molecular complexity index is 425. The first-order chi connectivity index (χ1) is 8.91. The highest BCUT2D eigenvalue weighted by molar-refractivity contribution is 7.15. The van der Waals surface area contributed by atoms with E-state index in [4.69, 9.17) is 4.98 Å². The van der Waals surface area contributed by atoms with Gasteiger partial charge in [0.15, 0.2) is 5.13 Å². The molecule has 19 heavy (non-hydrogen) atoms. The molecule has 1 aliphatic heterocycles. The minimum atomic E-state index is -0.00451. The third-order valence-corrected chi connectivity index (χ3v) is 4.63. The number of hydrogen-bond acceptors (Lipinski definition) is 5. The van der Waals surface area contributed by atoms with E-state index < -0.39 is 0 Å². The van der Waals surface area contributed by atoms with Crippen LogP contribution in [0.2, 0.25) is 0 Å². The summed E-state index contributed by atoms with van der Waals surface area (Å²) >= 11 is 1.65. The Morgan fingerprint density at radius 1 is 1.21 bits per heavy atom. The van der Waals surface area contributed by atoms with E-state index in [1.807, 2.05) is 0 Å². The lowest BCUT2D eigenvalue weighted by molar-refractivity contribution is 0.282. The summed E-state index contributed by atoms with van der Waals surface area (Å²) in [7, 11) is 2.17. The molecule has 0 radical (unpaired) electrons. The molecule has 0 spiro atoms. The molecule has 2 rings (SSSR count). The third kappa shape index (κ3) is 3.46. The molecule has 0 atom stereocenters. The van der Waals surface area contributed by atoms with Crippen molar-refractivity contribution in [1.82, 2.24) is 9.88 Å². The summed E-state index contributed by atoms with van der Waals surface area (Å²) in [6, 6.07) is 0. The average molecular weight is 283 g/mol. The van der Waals surface area contributed by atoms with Gasteiger partial charge >= 0.3 is 0 Å². The molecule has 1 N–H and O–H groups in total. The van der Waals surface area contributed by atoms with Gasteiger partial charge in [0.2, 0.25) is 0 Å². The molecule has 0 aromatic carbocycles. The standard InChI is InChI=1S/C14H25N3OS/c1-14(2,3)12-11(10-18)19-13(15-12)17-7-5-6-16(4)8-9-17/h18H,5-10H2,1-4H3. The van der Waals surface area contributed by atoms with Crippen molar-refractivity contribution in [3.63, 3.8) is 0 Å². The van der Waals surface area contributed by atoms with E-state index in [1.54, 1.807) is 11.3 Å². The van der Waals surface area contributed by atoms with E-state index in [-0.39, 0.29) is 12.0 Å². The van der Waals surface area contributed by atoms with Crippen molar-refractivity contribution >= 4 is 16.5 Å². The number of hydrogen-bond donors (Lipinski definition) is 1. The summed E-state index contributed by atoms with van der Waals surface area (Å²) in [6.45, 7) is 10.9. The molecular weight excluding hydrogens is 258 g/mol. The van der Waals surface area contributed by atoms with Crippen molar-refractivity contribution in [3.05, 3.63) is 10.6 Å². The van der Waals surface area contributed by atoms with Crippen molar-refractivity contribution < 1.29 is 5.11 Å². The van der Waals surface area contributed by atoms with Gasteiger partial charge in [-0.2, -0.15) is 0 Å². The number of rotatable bonds is 2. The van der Waals surface area contributed by atoms with Crippen LogP contribution in [0.5, 0.6) is 0 Å². The Morgan fingerprint density at radius 2 is 1.95 bits per heavy atom. The van der Waals surface area contributed by atoms with E-state index >= 15 is 0 Å². The second-order valence-electron chi connectivity index (χ2n) is 6.32. The zero-order valence-electron chi connectivity index (χ0n) is 12.4. The highest BCUT2D eigenvalue weighted by Gasteiger charge is 2.25. The van der Waals surface area contributed by atoms with Gasteiger partial charge in [-0.15, -0.1) is 0 Å². The number of anilines is 1. The first-order valence-electron chi connectivity index (χ1n) is 6.96. The summed E-state index contributed by atoms with van der Waals surface area (Å²) in [5, 5.41) is 10.6. The predicted octanol–water partition coefficient (Wildman–Crippen LogP) is 2.07. The number of aliphatic hydroxyl groups is 1. The van der Waals surface area contributed by atoms with E-state index in [1.165, 1.54) is 6.42 Å². The van der Waals surface area contributed by atoms with Crippen LogP contribution in [0.1, 0.15) is 37.8 Å². The fraction of sp³-hybridized carbons (Fsp3) is 0.786. The van der Waals surface area contributed by atoms with Gasteiger partial charge in [0, 0.05) is 25.0 Å². The molecule has 0 saturated carbocycles. The normalized spacial score (nSPS) is 18.7. The zero-order chi connectivity index (χ0) is 14.0. The van der Waals surface area contributed by atoms with Gasteiger partial charge in [-0.3, -0.25) is 0 Å². The third-order valence-electron chi connectivity index (χ3n) is 3.53. The van der Waals surface area contributed by atoms with Crippen molar-refractivity contribution in [1.29, 1.82) is 0 Å². The van der Waals surface area contributed by atoms with Gasteiger partial charge in [-0.05, 0) is 20.0 Å². The number of likely N-dealkylation sites (N-methyl/N-ethyl adjacent to an activating group) is 1. The Kier molecular flexibility index (Phi) is 4.48. The number of aliphatic hydroxyl groups excluding tert-OH is 1. The molecule has 0 bridgehead atoms. The summed E-state index contributed by atoms with van der Waals surface area (Å²) < 4.78 is 0. The lowest BCUT2D eigenvalue weighted by Crippen LogP contribution is -2.28. The van der Waals surface area contributed by atoms with Gasteiger partial charge in [0.05, 0.1) is 17.2 Å². The molecular formula is C14H25N3OS. The van der Waals surface area contributed by atoms with Gasteiger partial charge < -0.3 is 14.9 Å². The highest BCUT2D eigenvalue weighted by atomic mass is 32.1. The molecule has 0 aliphatic carbocycles. The molecule has 108 valence electrons. The minimum absolute atomic E-state index is 0.00451. The van der Waals surface area contributed by atoms with Gasteiger partial charge in [0.1, 0.15) is 0 Å². The van der Waals surface area contributed by atoms with Crippen LogP contribution in [0.4, 0.5) is 5.13 Å². The maximum atomic E-state index is 9.53. The van der Waals surface area contributed by atoms with Crippen molar-refractivity contribution in [2.45, 2.75) is 39.2 Å². The smallest absolute Gasteiger partial charge is 0.185 e. The van der Waals surface area contributed by atoms with Crippen molar-refractivity contribution in [2.24, 2.45) is 0 Å². The molecule has 1 aromatic rings. The molecule has 1 aromatic heterocycles. The van der Waals surface area contributed by atoms with Crippen LogP contribution in [0, 0.1) is 0 Å². The van der Waals surface area contributed by atoms with Gasteiger partial charge in [-0.25, -0.2) is 4.98 Å². The van der Waals surface area contributed by atoms with Gasteiger partial charge in [0.25, 0.3) is 0 Å². The van der Waals surface area contributed by atoms with Crippen molar-refractivity contribution in [2.75, 3.05) is 38.1 Å². The van der Waals surface area contributed by atoms with Crippen LogP contribution in [0.3, 0.4) is 0 Å². The maximum absolute atomic E-state index is 9.53. The topological polar surface area (TPSA) is 39.6 Å². The molecule has 0 unspecified atom stereocenters. The lowest BCUT2D eigenvalue weighted by Gasteiger charge is -2.20. The van der Waals surface area contributed by atoms with E-state index in [0.717, 1.165) is 41.9 Å². The number of thiazole rings is 1. The van der Waals surface area contributed by atoms with Crippen LogP contribution in [0.15, 0.2) is 0 Å². The summed E-state index contributed by atoms with van der Waals surface area (Å²) in [5.74, 6) is 0. The molecule has 2 heterocycles. The summed E-state index contributed by atoms with van der Waals surface area (Å²) in [4.78, 5) is 10.6. The Hall–Kier alpha value is -0.650. The zero-order valence-corrected chi connectivity index (χ0v) is 13.3. The number of aromatic nitrogens is 1. The Morgan fingerprint density at radius 3 is 2.53 bits per heavy atom. The summed E-state index contributed by atoms with van der Waals surface area (Å²) in [5.41, 5.74) is 1.04. The summed E-state index contributed by atoms with van der Waals surface area (Å²) in [6.07, 6.45) is 1.18. The highest BCUT2D eigenvalue weighted by Crippen LogP contribution is 2.34. The Labute approximate surface area is 120 Å². The van der Waals surface area contributed by atoms with E-state index in [2.05, 4.69) is 37.6 Å². The minimum Gasteiger partial charge on any atom is -0.391 e. The van der Waals surface area contributed by atoms with Gasteiger partial charge in [-0.1, -0.05) is 32.1 Å². The van der Waals surface area contributed by atoms with Crippen molar-refractivity contribution in [3.8, 4) is 0 Å². The van der Waals surface area contributed by atoms with Crippen LogP contribution in [0.25, 0.3) is 0 Å².